The first-order chi connectivity index (χ1) is 8.72. The molecule has 18 heavy (non-hydrogen) atoms. The van der Waals surface area contributed by atoms with Gasteiger partial charge in [-0.25, -0.2) is 4.98 Å². The maximum Gasteiger partial charge on any atom is 0.126 e. The summed E-state index contributed by atoms with van der Waals surface area (Å²) in [6.45, 7) is 3.19. The minimum atomic E-state index is 0.820. The molecule has 3 heterocycles. The van der Waals surface area contributed by atoms with Crippen molar-refractivity contribution in [3.05, 3.63) is 23.9 Å². The largest absolute Gasteiger partial charge is 0.370 e. The number of nitrogens with one attached hydrogen (secondary N) is 1. The first kappa shape index (κ1) is 12.0. The summed E-state index contributed by atoms with van der Waals surface area (Å²) >= 11 is 0. The average molecular weight is 245 g/mol. The van der Waals surface area contributed by atoms with Gasteiger partial charge in [-0.05, 0) is 63.3 Å². The molecule has 0 aromatic carbocycles. The van der Waals surface area contributed by atoms with Crippen LogP contribution >= 0.6 is 0 Å². The maximum absolute atomic E-state index is 4.37. The van der Waals surface area contributed by atoms with Crippen LogP contribution in [0.25, 0.3) is 0 Å². The van der Waals surface area contributed by atoms with Gasteiger partial charge in [-0.15, -0.1) is 0 Å². The second-order valence-corrected chi connectivity index (χ2v) is 5.99. The molecule has 3 heteroatoms. The predicted octanol–water partition coefficient (Wildman–Crippen LogP) is 2.67. The second kappa shape index (κ2) is 4.88. The quantitative estimate of drug-likeness (QED) is 0.887. The molecule has 2 saturated heterocycles. The molecule has 1 aromatic heterocycles. The highest BCUT2D eigenvalue weighted by Crippen LogP contribution is 2.37. The lowest BCUT2D eigenvalue weighted by Gasteiger charge is -2.36. The summed E-state index contributed by atoms with van der Waals surface area (Å²) in [5, 5.41) is 3.51. The van der Waals surface area contributed by atoms with E-state index < -0.39 is 0 Å². The molecular formula is C15H23N3. The number of rotatable bonds is 3. The van der Waals surface area contributed by atoms with E-state index in [0.717, 1.165) is 30.4 Å². The normalized spacial score (nSPS) is 31.6. The summed E-state index contributed by atoms with van der Waals surface area (Å²) in [6.07, 6.45) is 7.40. The minimum Gasteiger partial charge on any atom is -0.370 e. The SMILES string of the molecule is Cc1ccnc(NCC2CC3CCC(C2)N3C)c1. The van der Waals surface area contributed by atoms with Crippen molar-refractivity contribution in [2.24, 2.45) is 5.92 Å². The van der Waals surface area contributed by atoms with E-state index in [0.29, 0.717) is 0 Å². The minimum absolute atomic E-state index is 0.820. The van der Waals surface area contributed by atoms with E-state index in [-0.39, 0.29) is 0 Å². The molecule has 1 aromatic rings. The van der Waals surface area contributed by atoms with Crippen molar-refractivity contribution in [3.8, 4) is 0 Å². The molecule has 3 rings (SSSR count). The van der Waals surface area contributed by atoms with Gasteiger partial charge in [0.05, 0.1) is 0 Å². The molecule has 0 aliphatic carbocycles. The van der Waals surface area contributed by atoms with Crippen LogP contribution in [0.5, 0.6) is 0 Å². The van der Waals surface area contributed by atoms with Crippen LogP contribution in [-0.4, -0.2) is 35.6 Å². The lowest BCUT2D eigenvalue weighted by Crippen LogP contribution is -2.41. The zero-order valence-electron chi connectivity index (χ0n) is 11.4. The number of pyridine rings is 1. The number of anilines is 1. The highest BCUT2D eigenvalue weighted by molar-refractivity contribution is 5.36. The second-order valence-electron chi connectivity index (χ2n) is 5.99. The summed E-state index contributed by atoms with van der Waals surface area (Å²) in [5.74, 6) is 1.85. The van der Waals surface area contributed by atoms with Gasteiger partial charge in [-0.2, -0.15) is 0 Å². The van der Waals surface area contributed by atoms with Crippen molar-refractivity contribution >= 4 is 5.82 Å². The molecule has 3 nitrogen and oxygen atoms in total. The van der Waals surface area contributed by atoms with E-state index in [1.807, 2.05) is 12.3 Å². The monoisotopic (exact) mass is 245 g/mol. The average Bonchev–Trinajstić information content (AvgIpc) is 2.60. The van der Waals surface area contributed by atoms with E-state index in [1.54, 1.807) is 0 Å². The van der Waals surface area contributed by atoms with Crippen LogP contribution in [-0.2, 0) is 0 Å². The molecule has 2 aliphatic heterocycles. The Hall–Kier alpha value is -1.09. The number of fused-ring (bicyclic) bond motifs is 2. The Morgan fingerprint density at radius 2 is 2.06 bits per heavy atom. The van der Waals surface area contributed by atoms with Crippen LogP contribution in [0.1, 0.15) is 31.2 Å². The number of aryl methyl sites for hydroxylation is 1. The summed E-state index contributed by atoms with van der Waals surface area (Å²) in [7, 11) is 2.30. The zero-order valence-corrected chi connectivity index (χ0v) is 11.4. The standard InChI is InChI=1S/C15H23N3/c1-11-5-6-16-15(7-11)17-10-12-8-13-3-4-14(9-12)18(13)2/h5-7,12-14H,3-4,8-10H2,1-2H3,(H,16,17). The van der Waals surface area contributed by atoms with E-state index in [2.05, 4.69) is 35.2 Å². The van der Waals surface area contributed by atoms with Gasteiger partial charge >= 0.3 is 0 Å². The molecule has 0 saturated carbocycles. The third-order valence-electron chi connectivity index (χ3n) is 4.68. The Balaban J connectivity index is 1.55. The first-order valence-corrected chi connectivity index (χ1v) is 7.11. The van der Waals surface area contributed by atoms with Gasteiger partial charge in [0.25, 0.3) is 0 Å². The summed E-state index contributed by atoms with van der Waals surface area (Å²) in [6, 6.07) is 5.84. The summed E-state index contributed by atoms with van der Waals surface area (Å²) in [4.78, 5) is 6.97. The van der Waals surface area contributed by atoms with Crippen molar-refractivity contribution in [2.75, 3.05) is 18.9 Å². The van der Waals surface area contributed by atoms with Gasteiger partial charge in [0.2, 0.25) is 0 Å². The van der Waals surface area contributed by atoms with Crippen molar-refractivity contribution in [1.82, 2.24) is 9.88 Å². The van der Waals surface area contributed by atoms with Crippen LogP contribution in [0.4, 0.5) is 5.82 Å². The lowest BCUT2D eigenvalue weighted by molar-refractivity contribution is 0.139. The van der Waals surface area contributed by atoms with Gasteiger partial charge in [0, 0.05) is 24.8 Å². The van der Waals surface area contributed by atoms with Crippen LogP contribution < -0.4 is 5.32 Å². The van der Waals surface area contributed by atoms with Crippen molar-refractivity contribution < 1.29 is 0 Å². The third kappa shape index (κ3) is 2.37. The van der Waals surface area contributed by atoms with Crippen LogP contribution in [0.3, 0.4) is 0 Å². The Kier molecular flexibility index (Phi) is 3.25. The van der Waals surface area contributed by atoms with E-state index >= 15 is 0 Å². The first-order valence-electron chi connectivity index (χ1n) is 7.11. The molecule has 0 amide bonds. The third-order valence-corrected chi connectivity index (χ3v) is 4.68. The smallest absolute Gasteiger partial charge is 0.126 e. The van der Waals surface area contributed by atoms with Gasteiger partial charge < -0.3 is 10.2 Å². The van der Waals surface area contributed by atoms with Crippen molar-refractivity contribution in [3.63, 3.8) is 0 Å². The molecule has 2 unspecified atom stereocenters. The molecule has 0 spiro atoms. The Morgan fingerprint density at radius 1 is 1.33 bits per heavy atom. The fourth-order valence-electron chi connectivity index (χ4n) is 3.57. The van der Waals surface area contributed by atoms with E-state index in [4.69, 9.17) is 0 Å². The molecule has 98 valence electrons. The molecular weight excluding hydrogens is 222 g/mol. The van der Waals surface area contributed by atoms with Crippen LogP contribution in [0.2, 0.25) is 0 Å². The van der Waals surface area contributed by atoms with Crippen LogP contribution in [0.15, 0.2) is 18.3 Å². The van der Waals surface area contributed by atoms with Gasteiger partial charge in [0.15, 0.2) is 0 Å². The van der Waals surface area contributed by atoms with Gasteiger partial charge in [-0.1, -0.05) is 0 Å². The topological polar surface area (TPSA) is 28.2 Å². The molecule has 2 fully saturated rings. The summed E-state index contributed by atoms with van der Waals surface area (Å²) < 4.78 is 0. The van der Waals surface area contributed by atoms with Gasteiger partial charge in [-0.3, -0.25) is 0 Å². The number of piperidine rings is 1. The fraction of sp³-hybridized carbons (Fsp3) is 0.667. The molecule has 2 aliphatic rings. The predicted molar refractivity (Wildman–Crippen MR) is 74.8 cm³/mol. The number of aromatic nitrogens is 1. The fourth-order valence-corrected chi connectivity index (χ4v) is 3.57. The van der Waals surface area contributed by atoms with E-state index in [9.17, 15) is 0 Å². The Morgan fingerprint density at radius 3 is 2.72 bits per heavy atom. The highest BCUT2D eigenvalue weighted by Gasteiger charge is 2.38. The van der Waals surface area contributed by atoms with Crippen LogP contribution in [0, 0.1) is 12.8 Å². The molecule has 2 atom stereocenters. The highest BCUT2D eigenvalue weighted by atomic mass is 15.2. The lowest BCUT2D eigenvalue weighted by atomic mass is 9.91. The summed E-state index contributed by atoms with van der Waals surface area (Å²) in [5.41, 5.74) is 1.27. The molecule has 1 N–H and O–H groups in total. The zero-order chi connectivity index (χ0) is 12.5. The maximum atomic E-state index is 4.37. The Labute approximate surface area is 110 Å². The van der Waals surface area contributed by atoms with Crippen molar-refractivity contribution in [1.29, 1.82) is 0 Å². The van der Waals surface area contributed by atoms with Gasteiger partial charge in [0.1, 0.15) is 5.82 Å². The Bertz CT molecular complexity index is 404. The van der Waals surface area contributed by atoms with Crippen molar-refractivity contribution in [2.45, 2.75) is 44.7 Å². The molecule has 2 bridgehead atoms. The number of hydrogen-bond acceptors (Lipinski definition) is 3. The molecule has 0 radical (unpaired) electrons. The number of nitrogens with zero attached hydrogens (tertiary/aromatic N) is 2. The number of hydrogen-bond donors (Lipinski definition) is 1. The van der Waals surface area contributed by atoms with E-state index in [1.165, 1.54) is 31.2 Å².